The summed E-state index contributed by atoms with van der Waals surface area (Å²) >= 11 is 3.34. The van der Waals surface area contributed by atoms with Crippen molar-refractivity contribution in [3.63, 3.8) is 0 Å². The van der Waals surface area contributed by atoms with Crippen LogP contribution in [0, 0.1) is 0 Å². The molecule has 21 heavy (non-hydrogen) atoms. The number of nitrogens with zero attached hydrogens (tertiary/aromatic N) is 1. The summed E-state index contributed by atoms with van der Waals surface area (Å²) < 4.78 is 5.89. The van der Waals surface area contributed by atoms with Gasteiger partial charge < -0.3 is 15.4 Å². The zero-order chi connectivity index (χ0) is 15.1. The van der Waals surface area contributed by atoms with E-state index in [0.29, 0.717) is 24.5 Å². The molecule has 0 fully saturated rings. The Bertz CT molecular complexity index is 585. The van der Waals surface area contributed by atoms with Crippen LogP contribution in [-0.4, -0.2) is 31.2 Å². The maximum absolute atomic E-state index is 12.0. The third kappa shape index (κ3) is 4.84. The van der Waals surface area contributed by atoms with E-state index in [9.17, 15) is 4.79 Å². The van der Waals surface area contributed by atoms with Gasteiger partial charge in [-0.05, 0) is 36.4 Å². The minimum Gasteiger partial charge on any atom is -0.383 e. The highest BCUT2D eigenvalue weighted by atomic mass is 79.9. The number of amides is 1. The molecule has 0 unspecified atom stereocenters. The van der Waals surface area contributed by atoms with Crippen molar-refractivity contribution in [2.45, 2.75) is 0 Å². The van der Waals surface area contributed by atoms with Crippen LogP contribution in [0.1, 0.15) is 10.4 Å². The molecule has 0 aliphatic carbocycles. The third-order valence-corrected chi connectivity index (χ3v) is 3.28. The molecule has 110 valence electrons. The van der Waals surface area contributed by atoms with Crippen molar-refractivity contribution in [1.29, 1.82) is 0 Å². The Hall–Kier alpha value is -1.92. The lowest BCUT2D eigenvalue weighted by Crippen LogP contribution is -2.13. The van der Waals surface area contributed by atoms with Gasteiger partial charge in [0.15, 0.2) is 0 Å². The molecule has 0 aliphatic heterocycles. The van der Waals surface area contributed by atoms with Crippen LogP contribution in [-0.2, 0) is 4.74 Å². The molecule has 0 aliphatic rings. The second-order valence-corrected chi connectivity index (χ2v) is 5.23. The summed E-state index contributed by atoms with van der Waals surface area (Å²) in [5.74, 6) is 0.329. The lowest BCUT2D eigenvalue weighted by Gasteiger charge is -2.07. The maximum atomic E-state index is 12.0. The summed E-state index contributed by atoms with van der Waals surface area (Å²) in [5, 5.41) is 5.91. The molecule has 2 rings (SSSR count). The van der Waals surface area contributed by atoms with Crippen molar-refractivity contribution in [1.82, 2.24) is 4.98 Å². The molecule has 0 saturated heterocycles. The van der Waals surface area contributed by atoms with E-state index in [1.165, 1.54) is 0 Å². The van der Waals surface area contributed by atoms with Gasteiger partial charge in [0.25, 0.3) is 5.91 Å². The van der Waals surface area contributed by atoms with Crippen LogP contribution < -0.4 is 10.6 Å². The number of pyridine rings is 1. The first-order valence-electron chi connectivity index (χ1n) is 6.45. The van der Waals surface area contributed by atoms with E-state index in [0.717, 1.165) is 10.2 Å². The largest absolute Gasteiger partial charge is 0.383 e. The fourth-order valence-electron chi connectivity index (χ4n) is 1.66. The van der Waals surface area contributed by atoms with Crippen LogP contribution in [0.15, 0.2) is 47.1 Å². The zero-order valence-electron chi connectivity index (χ0n) is 11.6. The first-order valence-corrected chi connectivity index (χ1v) is 7.24. The quantitative estimate of drug-likeness (QED) is 0.786. The highest BCUT2D eigenvalue weighted by molar-refractivity contribution is 9.10. The lowest BCUT2D eigenvalue weighted by atomic mass is 10.2. The average Bonchev–Trinajstić information content (AvgIpc) is 2.50. The summed E-state index contributed by atoms with van der Waals surface area (Å²) in [6.45, 7) is 1.34. The molecule has 0 atom stereocenters. The number of methoxy groups -OCH3 is 1. The van der Waals surface area contributed by atoms with E-state index in [-0.39, 0.29) is 5.91 Å². The number of benzene rings is 1. The normalized spacial score (nSPS) is 10.2. The average molecular weight is 350 g/mol. The van der Waals surface area contributed by atoms with Crippen LogP contribution in [0.3, 0.4) is 0 Å². The Labute approximate surface area is 131 Å². The van der Waals surface area contributed by atoms with E-state index in [1.54, 1.807) is 31.5 Å². The molecule has 1 aromatic carbocycles. The standard InChI is InChI=1S/C15H16BrN3O2/c1-21-9-8-17-13-6-7-14(18-10-13)19-15(20)11-2-4-12(16)5-3-11/h2-7,10,17H,8-9H2,1H3,(H,18,19,20). The molecule has 0 bridgehead atoms. The van der Waals surface area contributed by atoms with E-state index in [4.69, 9.17) is 4.74 Å². The minimum atomic E-state index is -0.185. The van der Waals surface area contributed by atoms with Gasteiger partial charge in [0, 0.05) is 23.7 Å². The van der Waals surface area contributed by atoms with Gasteiger partial charge in [-0.15, -0.1) is 0 Å². The molecule has 1 heterocycles. The van der Waals surface area contributed by atoms with Gasteiger partial charge in [-0.3, -0.25) is 4.79 Å². The van der Waals surface area contributed by atoms with Crippen LogP contribution in [0.2, 0.25) is 0 Å². The fourth-order valence-corrected chi connectivity index (χ4v) is 1.92. The summed E-state index contributed by atoms with van der Waals surface area (Å²) in [7, 11) is 1.65. The number of aromatic nitrogens is 1. The van der Waals surface area contributed by atoms with Crippen LogP contribution in [0.5, 0.6) is 0 Å². The van der Waals surface area contributed by atoms with Gasteiger partial charge in [-0.2, -0.15) is 0 Å². The summed E-state index contributed by atoms with van der Waals surface area (Å²) in [6.07, 6.45) is 1.67. The summed E-state index contributed by atoms with van der Waals surface area (Å²) in [4.78, 5) is 16.2. The molecule has 2 N–H and O–H groups in total. The zero-order valence-corrected chi connectivity index (χ0v) is 13.2. The van der Waals surface area contributed by atoms with E-state index < -0.39 is 0 Å². The van der Waals surface area contributed by atoms with Gasteiger partial charge in [-0.1, -0.05) is 15.9 Å². The molecular formula is C15H16BrN3O2. The topological polar surface area (TPSA) is 63.2 Å². The molecule has 6 heteroatoms. The summed E-state index contributed by atoms with van der Waals surface area (Å²) in [6, 6.07) is 10.8. The number of hydrogen-bond acceptors (Lipinski definition) is 4. The molecule has 0 spiro atoms. The molecule has 0 saturated carbocycles. The molecule has 1 aromatic heterocycles. The minimum absolute atomic E-state index is 0.185. The van der Waals surface area contributed by atoms with Crippen molar-refractivity contribution < 1.29 is 9.53 Å². The number of nitrogens with one attached hydrogen (secondary N) is 2. The Morgan fingerprint density at radius 1 is 1.24 bits per heavy atom. The number of halogens is 1. The molecule has 0 radical (unpaired) electrons. The first kappa shape index (κ1) is 15.5. The smallest absolute Gasteiger partial charge is 0.256 e. The van der Waals surface area contributed by atoms with Gasteiger partial charge in [0.2, 0.25) is 0 Å². The monoisotopic (exact) mass is 349 g/mol. The first-order chi connectivity index (χ1) is 10.2. The third-order valence-electron chi connectivity index (χ3n) is 2.75. The number of rotatable bonds is 6. The number of ether oxygens (including phenoxy) is 1. The van der Waals surface area contributed by atoms with Crippen LogP contribution in [0.25, 0.3) is 0 Å². The van der Waals surface area contributed by atoms with Crippen LogP contribution in [0.4, 0.5) is 11.5 Å². The highest BCUT2D eigenvalue weighted by Gasteiger charge is 2.06. The van der Waals surface area contributed by atoms with E-state index in [2.05, 4.69) is 31.5 Å². The van der Waals surface area contributed by atoms with Crippen molar-refractivity contribution in [3.05, 3.63) is 52.6 Å². The second-order valence-electron chi connectivity index (χ2n) is 4.31. The SMILES string of the molecule is COCCNc1ccc(NC(=O)c2ccc(Br)cc2)nc1. The molecule has 5 nitrogen and oxygen atoms in total. The predicted octanol–water partition coefficient (Wildman–Crippen LogP) is 3.15. The fraction of sp³-hybridized carbons (Fsp3) is 0.200. The number of hydrogen-bond donors (Lipinski definition) is 2. The number of carbonyl (C=O) groups is 1. The number of carbonyl (C=O) groups excluding carboxylic acids is 1. The van der Waals surface area contributed by atoms with Gasteiger partial charge >= 0.3 is 0 Å². The molecule has 1 amide bonds. The van der Waals surface area contributed by atoms with Crippen molar-refractivity contribution in [3.8, 4) is 0 Å². The Balaban J connectivity index is 1.93. The lowest BCUT2D eigenvalue weighted by molar-refractivity contribution is 0.102. The van der Waals surface area contributed by atoms with E-state index in [1.807, 2.05) is 18.2 Å². The van der Waals surface area contributed by atoms with Crippen molar-refractivity contribution >= 4 is 33.3 Å². The Morgan fingerprint density at radius 3 is 2.62 bits per heavy atom. The van der Waals surface area contributed by atoms with Gasteiger partial charge in [0.05, 0.1) is 18.5 Å². The second kappa shape index (κ2) is 7.75. The van der Waals surface area contributed by atoms with E-state index >= 15 is 0 Å². The Kier molecular flexibility index (Phi) is 5.71. The van der Waals surface area contributed by atoms with Crippen molar-refractivity contribution in [2.24, 2.45) is 0 Å². The molecular weight excluding hydrogens is 334 g/mol. The predicted molar refractivity (Wildman–Crippen MR) is 86.7 cm³/mol. The van der Waals surface area contributed by atoms with Crippen molar-refractivity contribution in [2.75, 3.05) is 30.9 Å². The number of anilines is 2. The summed E-state index contributed by atoms with van der Waals surface area (Å²) in [5.41, 5.74) is 1.47. The van der Waals surface area contributed by atoms with Gasteiger partial charge in [0.1, 0.15) is 5.82 Å². The Morgan fingerprint density at radius 2 is 2.00 bits per heavy atom. The van der Waals surface area contributed by atoms with Gasteiger partial charge in [-0.25, -0.2) is 4.98 Å². The maximum Gasteiger partial charge on any atom is 0.256 e. The highest BCUT2D eigenvalue weighted by Crippen LogP contribution is 2.13. The van der Waals surface area contributed by atoms with Crippen LogP contribution >= 0.6 is 15.9 Å². The molecule has 2 aromatic rings.